The molecule has 6 nitrogen and oxygen atoms in total. The highest BCUT2D eigenvalue weighted by Crippen LogP contribution is 2.19. The molecule has 166 valence electrons. The van der Waals surface area contributed by atoms with Gasteiger partial charge in [-0.05, 0) is 74.2 Å². The first kappa shape index (κ1) is 21.7. The summed E-state index contributed by atoms with van der Waals surface area (Å²) >= 11 is 0. The van der Waals surface area contributed by atoms with E-state index in [9.17, 15) is 4.79 Å². The number of unbranched alkanes of at least 4 members (excludes halogenated alkanes) is 1. The molecule has 0 unspecified atom stereocenters. The van der Waals surface area contributed by atoms with Gasteiger partial charge in [0, 0.05) is 19.5 Å². The molecule has 4 rings (SSSR count). The molecule has 2 aromatic heterocycles. The normalized spacial score (nSPS) is 11.1. The SMILES string of the molecule is Cc1ccc(OCCCCn2c(CCNC(=O)c3ccco3)nc3ccccc32)cc1C. The third-order valence-corrected chi connectivity index (χ3v) is 5.64. The highest BCUT2D eigenvalue weighted by atomic mass is 16.5. The molecule has 0 fully saturated rings. The summed E-state index contributed by atoms with van der Waals surface area (Å²) in [5.74, 6) is 2.01. The van der Waals surface area contributed by atoms with Gasteiger partial charge in [-0.15, -0.1) is 0 Å². The van der Waals surface area contributed by atoms with Crippen LogP contribution >= 0.6 is 0 Å². The zero-order chi connectivity index (χ0) is 22.3. The Labute approximate surface area is 188 Å². The average Bonchev–Trinajstić information content (AvgIpc) is 3.44. The van der Waals surface area contributed by atoms with Gasteiger partial charge >= 0.3 is 0 Å². The second-order valence-electron chi connectivity index (χ2n) is 7.95. The van der Waals surface area contributed by atoms with Crippen LogP contribution in [0.2, 0.25) is 0 Å². The maximum absolute atomic E-state index is 12.1. The molecule has 2 heterocycles. The van der Waals surface area contributed by atoms with Crippen LogP contribution in [0, 0.1) is 13.8 Å². The second kappa shape index (κ2) is 10.2. The number of aromatic nitrogens is 2. The first-order chi connectivity index (χ1) is 15.6. The van der Waals surface area contributed by atoms with Gasteiger partial charge in [0.2, 0.25) is 0 Å². The number of hydrogen-bond acceptors (Lipinski definition) is 4. The van der Waals surface area contributed by atoms with Gasteiger partial charge in [0.25, 0.3) is 5.91 Å². The van der Waals surface area contributed by atoms with E-state index in [2.05, 4.69) is 41.9 Å². The summed E-state index contributed by atoms with van der Waals surface area (Å²) in [7, 11) is 0. The molecule has 32 heavy (non-hydrogen) atoms. The lowest BCUT2D eigenvalue weighted by Gasteiger charge is -2.11. The van der Waals surface area contributed by atoms with Gasteiger partial charge in [0.05, 0.1) is 23.9 Å². The van der Waals surface area contributed by atoms with Gasteiger partial charge in [0.1, 0.15) is 11.6 Å². The van der Waals surface area contributed by atoms with Crippen LogP contribution in [-0.2, 0) is 13.0 Å². The Morgan fingerprint density at radius 1 is 1.06 bits per heavy atom. The molecule has 0 aliphatic heterocycles. The molecule has 0 radical (unpaired) electrons. The molecule has 0 bridgehead atoms. The molecule has 0 saturated heterocycles. The van der Waals surface area contributed by atoms with Crippen LogP contribution in [0.3, 0.4) is 0 Å². The minimum atomic E-state index is -0.207. The van der Waals surface area contributed by atoms with E-state index >= 15 is 0 Å². The Hall–Kier alpha value is -3.54. The van der Waals surface area contributed by atoms with E-state index in [1.165, 1.54) is 17.4 Å². The van der Waals surface area contributed by atoms with Gasteiger partial charge in [-0.25, -0.2) is 4.98 Å². The fourth-order valence-electron chi connectivity index (χ4n) is 3.71. The number of rotatable bonds is 10. The van der Waals surface area contributed by atoms with Crippen LogP contribution < -0.4 is 10.1 Å². The number of fused-ring (bicyclic) bond motifs is 1. The molecule has 0 saturated carbocycles. The van der Waals surface area contributed by atoms with E-state index in [1.807, 2.05) is 24.3 Å². The lowest BCUT2D eigenvalue weighted by molar-refractivity contribution is 0.0926. The van der Waals surface area contributed by atoms with Crippen molar-refractivity contribution in [1.29, 1.82) is 0 Å². The van der Waals surface area contributed by atoms with Crippen molar-refractivity contribution < 1.29 is 13.9 Å². The molecule has 1 amide bonds. The van der Waals surface area contributed by atoms with Crippen molar-refractivity contribution in [2.24, 2.45) is 0 Å². The van der Waals surface area contributed by atoms with Crippen molar-refractivity contribution in [1.82, 2.24) is 14.9 Å². The Balaban J connectivity index is 1.32. The Morgan fingerprint density at radius 2 is 1.94 bits per heavy atom. The van der Waals surface area contributed by atoms with Crippen molar-refractivity contribution in [3.05, 3.63) is 83.6 Å². The number of hydrogen-bond donors (Lipinski definition) is 1. The molecule has 0 aliphatic rings. The minimum absolute atomic E-state index is 0.207. The summed E-state index contributed by atoms with van der Waals surface area (Å²) in [6.07, 6.45) is 4.09. The van der Waals surface area contributed by atoms with Gasteiger partial charge in [-0.3, -0.25) is 4.79 Å². The van der Waals surface area contributed by atoms with E-state index in [4.69, 9.17) is 14.1 Å². The number of para-hydroxylation sites is 2. The predicted octanol–water partition coefficient (Wildman–Crippen LogP) is 5.08. The summed E-state index contributed by atoms with van der Waals surface area (Å²) in [5.41, 5.74) is 4.62. The lowest BCUT2D eigenvalue weighted by atomic mass is 10.1. The highest BCUT2D eigenvalue weighted by Gasteiger charge is 2.12. The first-order valence-electron chi connectivity index (χ1n) is 11.1. The molecule has 0 spiro atoms. The van der Waals surface area contributed by atoms with Crippen LogP contribution in [-0.4, -0.2) is 28.6 Å². The van der Waals surface area contributed by atoms with Gasteiger partial charge < -0.3 is 19.0 Å². The number of imidazole rings is 1. The van der Waals surface area contributed by atoms with Gasteiger partial charge in [0.15, 0.2) is 5.76 Å². The molecule has 0 aliphatic carbocycles. The number of nitrogens with one attached hydrogen (secondary N) is 1. The molecular formula is C26H29N3O3. The minimum Gasteiger partial charge on any atom is -0.494 e. The Bertz CT molecular complexity index is 1180. The number of furan rings is 1. The van der Waals surface area contributed by atoms with Crippen LogP contribution in [0.5, 0.6) is 5.75 Å². The molecule has 4 aromatic rings. The summed E-state index contributed by atoms with van der Waals surface area (Å²) in [6.45, 7) is 6.25. The molecular weight excluding hydrogens is 402 g/mol. The number of ether oxygens (including phenoxy) is 1. The quantitative estimate of drug-likeness (QED) is 0.356. The van der Waals surface area contributed by atoms with Crippen LogP contribution in [0.15, 0.2) is 65.3 Å². The van der Waals surface area contributed by atoms with Crippen molar-refractivity contribution >= 4 is 16.9 Å². The predicted molar refractivity (Wildman–Crippen MR) is 125 cm³/mol. The zero-order valence-corrected chi connectivity index (χ0v) is 18.6. The van der Waals surface area contributed by atoms with E-state index in [-0.39, 0.29) is 5.91 Å². The third kappa shape index (κ3) is 5.19. The summed E-state index contributed by atoms with van der Waals surface area (Å²) < 4.78 is 13.3. The number of benzene rings is 2. The fraction of sp³-hybridized carbons (Fsp3) is 0.308. The molecule has 0 atom stereocenters. The van der Waals surface area contributed by atoms with E-state index in [0.717, 1.165) is 42.0 Å². The van der Waals surface area contributed by atoms with Crippen LogP contribution in [0.1, 0.15) is 40.3 Å². The Morgan fingerprint density at radius 3 is 2.75 bits per heavy atom. The number of carbonyl (C=O) groups excluding carboxylic acids is 1. The van der Waals surface area contributed by atoms with Crippen LogP contribution in [0.4, 0.5) is 0 Å². The largest absolute Gasteiger partial charge is 0.494 e. The van der Waals surface area contributed by atoms with Crippen molar-refractivity contribution in [2.75, 3.05) is 13.2 Å². The van der Waals surface area contributed by atoms with Crippen molar-refractivity contribution in [3.8, 4) is 5.75 Å². The first-order valence-corrected chi connectivity index (χ1v) is 11.1. The monoisotopic (exact) mass is 431 g/mol. The third-order valence-electron chi connectivity index (χ3n) is 5.64. The summed E-state index contributed by atoms with van der Waals surface area (Å²) in [6, 6.07) is 17.7. The van der Waals surface area contributed by atoms with E-state index in [0.29, 0.717) is 25.3 Å². The number of amides is 1. The van der Waals surface area contributed by atoms with Crippen LogP contribution in [0.25, 0.3) is 11.0 Å². The number of aryl methyl sites for hydroxylation is 3. The highest BCUT2D eigenvalue weighted by molar-refractivity contribution is 5.91. The summed E-state index contributed by atoms with van der Waals surface area (Å²) in [5, 5.41) is 2.90. The van der Waals surface area contributed by atoms with Crippen molar-refractivity contribution in [3.63, 3.8) is 0 Å². The lowest BCUT2D eigenvalue weighted by Crippen LogP contribution is -2.26. The maximum atomic E-state index is 12.1. The number of nitrogens with zero attached hydrogens (tertiary/aromatic N) is 2. The van der Waals surface area contributed by atoms with E-state index in [1.54, 1.807) is 12.1 Å². The zero-order valence-electron chi connectivity index (χ0n) is 18.6. The molecule has 1 N–H and O–H groups in total. The smallest absolute Gasteiger partial charge is 0.286 e. The Kier molecular flexibility index (Phi) is 6.90. The average molecular weight is 432 g/mol. The van der Waals surface area contributed by atoms with E-state index < -0.39 is 0 Å². The maximum Gasteiger partial charge on any atom is 0.286 e. The topological polar surface area (TPSA) is 69.3 Å². The second-order valence-corrected chi connectivity index (χ2v) is 7.95. The number of carbonyl (C=O) groups is 1. The molecule has 2 aromatic carbocycles. The van der Waals surface area contributed by atoms with Gasteiger partial charge in [-0.1, -0.05) is 18.2 Å². The standard InChI is InChI=1S/C26H29N3O3/c1-19-11-12-21(18-20(19)2)31-16-6-5-15-29-23-9-4-3-8-22(23)28-25(29)13-14-27-26(30)24-10-7-17-32-24/h3-4,7-12,17-18H,5-6,13-16H2,1-2H3,(H,27,30). The van der Waals surface area contributed by atoms with Crippen molar-refractivity contribution in [2.45, 2.75) is 39.7 Å². The van der Waals surface area contributed by atoms with Gasteiger partial charge in [-0.2, -0.15) is 0 Å². The fourth-order valence-corrected chi connectivity index (χ4v) is 3.71. The molecule has 6 heteroatoms. The summed E-state index contributed by atoms with van der Waals surface area (Å²) in [4.78, 5) is 16.9.